The van der Waals surface area contributed by atoms with Crippen LogP contribution in [-0.4, -0.2) is 48.1 Å². The smallest absolute Gasteiger partial charge is 0.255 e. The minimum absolute atomic E-state index is 0.0564. The lowest BCUT2D eigenvalue weighted by molar-refractivity contribution is -0.141. The fourth-order valence-corrected chi connectivity index (χ4v) is 2.67. The summed E-state index contributed by atoms with van der Waals surface area (Å²) >= 11 is 0. The number of nitrogens with two attached hydrogens (primary N) is 1. The van der Waals surface area contributed by atoms with Gasteiger partial charge in [-0.3, -0.25) is 4.79 Å². The van der Waals surface area contributed by atoms with Gasteiger partial charge in [-0.05, 0) is 18.8 Å². The van der Waals surface area contributed by atoms with Crippen molar-refractivity contribution in [2.75, 3.05) is 19.7 Å². The zero-order valence-electron chi connectivity index (χ0n) is 10.7. The normalized spacial score (nSPS) is 28.4. The predicted octanol–water partition coefficient (Wildman–Crippen LogP) is 0.836. The van der Waals surface area contributed by atoms with E-state index < -0.39 is 18.9 Å². The van der Waals surface area contributed by atoms with Gasteiger partial charge in [0.25, 0.3) is 6.43 Å². The number of alkyl halides is 2. The third-order valence-corrected chi connectivity index (χ3v) is 3.60. The Morgan fingerprint density at radius 3 is 2.67 bits per heavy atom. The van der Waals surface area contributed by atoms with Gasteiger partial charge in [-0.2, -0.15) is 0 Å². The van der Waals surface area contributed by atoms with Gasteiger partial charge >= 0.3 is 0 Å². The minimum atomic E-state index is -2.59. The summed E-state index contributed by atoms with van der Waals surface area (Å²) in [6, 6.07) is -0.264. The van der Waals surface area contributed by atoms with E-state index in [-0.39, 0.29) is 31.0 Å². The Hall–Kier alpha value is -0.750. The molecule has 6 heteroatoms. The Labute approximate surface area is 106 Å². The first-order chi connectivity index (χ1) is 8.47. The summed E-state index contributed by atoms with van der Waals surface area (Å²) in [5.41, 5.74) is 5.94. The van der Waals surface area contributed by atoms with Crippen LogP contribution in [0.25, 0.3) is 0 Å². The number of hydrogen-bond donors (Lipinski definition) is 2. The Kier molecular flexibility index (Phi) is 5.95. The van der Waals surface area contributed by atoms with Crippen molar-refractivity contribution in [1.82, 2.24) is 4.90 Å². The van der Waals surface area contributed by atoms with Crippen molar-refractivity contribution < 1.29 is 18.7 Å². The molecule has 4 nitrogen and oxygen atoms in total. The molecule has 0 aromatic carbocycles. The lowest BCUT2D eigenvalue weighted by atomic mass is 9.76. The molecule has 1 aliphatic rings. The van der Waals surface area contributed by atoms with Crippen molar-refractivity contribution in [1.29, 1.82) is 0 Å². The number of rotatable bonds is 5. The summed E-state index contributed by atoms with van der Waals surface area (Å²) in [6.07, 6.45) is 0.0328. The first-order valence-electron chi connectivity index (χ1n) is 6.40. The number of hydrogen-bond acceptors (Lipinski definition) is 3. The average molecular weight is 264 g/mol. The van der Waals surface area contributed by atoms with E-state index in [0.29, 0.717) is 0 Å². The number of halogens is 2. The molecule has 0 aliphatic heterocycles. The van der Waals surface area contributed by atoms with Crippen LogP contribution in [0.15, 0.2) is 0 Å². The second-order valence-electron chi connectivity index (χ2n) is 5.00. The molecule has 0 aromatic rings. The fourth-order valence-electron chi connectivity index (χ4n) is 2.67. The summed E-state index contributed by atoms with van der Waals surface area (Å²) in [5, 5.41) is 8.86. The third-order valence-electron chi connectivity index (χ3n) is 3.60. The van der Waals surface area contributed by atoms with E-state index >= 15 is 0 Å². The van der Waals surface area contributed by atoms with Crippen molar-refractivity contribution in [2.45, 2.75) is 38.7 Å². The SMILES string of the molecule is CC1CCCC(N)C1C(=O)N(CCO)CC(F)F. The summed E-state index contributed by atoms with van der Waals surface area (Å²) < 4.78 is 24.8. The molecular weight excluding hydrogens is 242 g/mol. The maximum absolute atomic E-state index is 12.4. The molecule has 1 amide bonds. The van der Waals surface area contributed by atoms with Gasteiger partial charge < -0.3 is 15.7 Å². The first kappa shape index (κ1) is 15.3. The molecule has 1 saturated carbocycles. The van der Waals surface area contributed by atoms with E-state index in [1.807, 2.05) is 6.92 Å². The zero-order chi connectivity index (χ0) is 13.7. The van der Waals surface area contributed by atoms with Crippen molar-refractivity contribution in [3.8, 4) is 0 Å². The Morgan fingerprint density at radius 2 is 2.17 bits per heavy atom. The van der Waals surface area contributed by atoms with Crippen LogP contribution in [0.5, 0.6) is 0 Å². The first-order valence-corrected chi connectivity index (χ1v) is 6.40. The quantitative estimate of drug-likeness (QED) is 0.773. The highest BCUT2D eigenvalue weighted by molar-refractivity contribution is 5.80. The molecule has 0 radical (unpaired) electrons. The number of nitrogens with zero attached hydrogens (tertiary/aromatic N) is 1. The van der Waals surface area contributed by atoms with Gasteiger partial charge in [-0.25, -0.2) is 8.78 Å². The molecule has 106 valence electrons. The molecule has 3 N–H and O–H groups in total. The highest BCUT2D eigenvalue weighted by Crippen LogP contribution is 2.30. The summed E-state index contributed by atoms with van der Waals surface area (Å²) in [7, 11) is 0. The maximum atomic E-state index is 12.4. The number of carbonyl (C=O) groups is 1. The molecule has 0 bridgehead atoms. The molecule has 3 atom stereocenters. The lowest BCUT2D eigenvalue weighted by Crippen LogP contribution is -2.50. The molecule has 0 saturated heterocycles. The molecule has 0 aromatic heterocycles. The van der Waals surface area contributed by atoms with Crippen LogP contribution in [0.2, 0.25) is 0 Å². The van der Waals surface area contributed by atoms with Gasteiger partial charge in [0.15, 0.2) is 0 Å². The van der Waals surface area contributed by atoms with E-state index in [1.54, 1.807) is 0 Å². The van der Waals surface area contributed by atoms with Crippen LogP contribution in [0, 0.1) is 11.8 Å². The monoisotopic (exact) mass is 264 g/mol. The molecule has 1 rings (SSSR count). The number of aliphatic hydroxyl groups is 1. The van der Waals surface area contributed by atoms with Crippen LogP contribution in [-0.2, 0) is 4.79 Å². The van der Waals surface area contributed by atoms with Gasteiger partial charge in [0.2, 0.25) is 5.91 Å². The Bertz CT molecular complexity index is 267. The largest absolute Gasteiger partial charge is 0.395 e. The number of carbonyl (C=O) groups excluding carboxylic acids is 1. The maximum Gasteiger partial charge on any atom is 0.255 e. The lowest BCUT2D eigenvalue weighted by Gasteiger charge is -2.36. The van der Waals surface area contributed by atoms with Gasteiger partial charge in [-0.15, -0.1) is 0 Å². The van der Waals surface area contributed by atoms with Crippen molar-refractivity contribution in [3.63, 3.8) is 0 Å². The van der Waals surface area contributed by atoms with Crippen LogP contribution >= 0.6 is 0 Å². The molecule has 18 heavy (non-hydrogen) atoms. The van der Waals surface area contributed by atoms with E-state index in [4.69, 9.17) is 10.8 Å². The van der Waals surface area contributed by atoms with E-state index in [2.05, 4.69) is 0 Å². The average Bonchev–Trinajstić information content (AvgIpc) is 2.27. The molecule has 0 heterocycles. The van der Waals surface area contributed by atoms with Crippen LogP contribution in [0.4, 0.5) is 8.78 Å². The molecule has 0 spiro atoms. The molecule has 1 fully saturated rings. The van der Waals surface area contributed by atoms with Gasteiger partial charge in [0, 0.05) is 12.6 Å². The van der Waals surface area contributed by atoms with E-state index in [9.17, 15) is 13.6 Å². The van der Waals surface area contributed by atoms with Gasteiger partial charge in [0.1, 0.15) is 0 Å². The Morgan fingerprint density at radius 1 is 1.50 bits per heavy atom. The second kappa shape index (κ2) is 6.99. The second-order valence-corrected chi connectivity index (χ2v) is 5.00. The summed E-state index contributed by atoms with van der Waals surface area (Å²) in [6.45, 7) is 0.935. The minimum Gasteiger partial charge on any atom is -0.395 e. The van der Waals surface area contributed by atoms with Crippen molar-refractivity contribution >= 4 is 5.91 Å². The zero-order valence-corrected chi connectivity index (χ0v) is 10.7. The van der Waals surface area contributed by atoms with Gasteiger partial charge in [0.05, 0.1) is 19.1 Å². The van der Waals surface area contributed by atoms with Crippen molar-refractivity contribution in [3.05, 3.63) is 0 Å². The van der Waals surface area contributed by atoms with E-state index in [0.717, 1.165) is 24.2 Å². The molecular formula is C12H22F2N2O2. The highest BCUT2D eigenvalue weighted by atomic mass is 19.3. The molecule has 3 unspecified atom stereocenters. The van der Waals surface area contributed by atoms with Gasteiger partial charge in [-0.1, -0.05) is 13.3 Å². The predicted molar refractivity (Wildman–Crippen MR) is 64.2 cm³/mol. The standard InChI is InChI=1S/C12H22F2N2O2/c1-8-3-2-4-9(15)11(8)12(18)16(5-6-17)7-10(13)14/h8-11,17H,2-7,15H2,1H3. The highest BCUT2D eigenvalue weighted by Gasteiger charge is 2.36. The number of amides is 1. The number of aliphatic hydroxyl groups excluding tert-OH is 1. The Balaban J connectivity index is 2.73. The molecule has 1 aliphatic carbocycles. The van der Waals surface area contributed by atoms with Crippen LogP contribution in [0.3, 0.4) is 0 Å². The summed E-state index contributed by atoms with van der Waals surface area (Å²) in [5.74, 6) is -0.631. The summed E-state index contributed by atoms with van der Waals surface area (Å²) in [4.78, 5) is 13.3. The fraction of sp³-hybridized carbons (Fsp3) is 0.917. The third kappa shape index (κ3) is 3.88. The van der Waals surface area contributed by atoms with Crippen LogP contribution < -0.4 is 5.73 Å². The van der Waals surface area contributed by atoms with Crippen LogP contribution in [0.1, 0.15) is 26.2 Å². The van der Waals surface area contributed by atoms with E-state index in [1.165, 1.54) is 0 Å². The van der Waals surface area contributed by atoms with Crippen molar-refractivity contribution in [2.24, 2.45) is 17.6 Å². The topological polar surface area (TPSA) is 66.6 Å².